The molecule has 2 aliphatic heterocycles. The smallest absolute Gasteiger partial charge is 0.323 e. The third-order valence-corrected chi connectivity index (χ3v) is 2.87. The molecule has 0 aromatic carbocycles. The number of nitrogens with one attached hydrogen (secondary N) is 2. The molecule has 0 aliphatic carbocycles. The maximum absolute atomic E-state index is 11.6. The van der Waals surface area contributed by atoms with Gasteiger partial charge in [0.15, 0.2) is 0 Å². The number of rotatable bonds is 2. The van der Waals surface area contributed by atoms with Crippen LogP contribution in [0.2, 0.25) is 0 Å². The van der Waals surface area contributed by atoms with Crippen molar-refractivity contribution in [3.8, 4) is 0 Å². The van der Waals surface area contributed by atoms with Crippen molar-refractivity contribution >= 4 is 11.9 Å². The van der Waals surface area contributed by atoms with Crippen molar-refractivity contribution in [2.45, 2.75) is 37.8 Å². The van der Waals surface area contributed by atoms with E-state index in [1.165, 1.54) is 0 Å². The molecule has 0 saturated carbocycles. The van der Waals surface area contributed by atoms with E-state index in [2.05, 4.69) is 10.6 Å². The third-order valence-electron chi connectivity index (χ3n) is 2.87. The highest BCUT2D eigenvalue weighted by Gasteiger charge is 2.31. The molecule has 5 nitrogen and oxygen atoms in total. The highest BCUT2D eigenvalue weighted by Crippen LogP contribution is 2.11. The molecule has 2 aliphatic rings. The number of carbonyl (C=O) groups excluding carboxylic acids is 2. The fourth-order valence-electron chi connectivity index (χ4n) is 1.99. The van der Waals surface area contributed by atoms with Crippen molar-refractivity contribution in [1.29, 1.82) is 0 Å². The van der Waals surface area contributed by atoms with Gasteiger partial charge >= 0.3 is 5.97 Å². The van der Waals surface area contributed by atoms with E-state index < -0.39 is 0 Å². The van der Waals surface area contributed by atoms with Gasteiger partial charge in [0.1, 0.15) is 6.04 Å². The molecule has 2 rings (SSSR count). The number of esters is 1. The monoisotopic (exact) mass is 212 g/mol. The molecule has 2 fully saturated rings. The second kappa shape index (κ2) is 4.61. The van der Waals surface area contributed by atoms with E-state index >= 15 is 0 Å². The van der Waals surface area contributed by atoms with E-state index in [4.69, 9.17) is 4.74 Å². The maximum Gasteiger partial charge on any atom is 0.323 e. The lowest BCUT2D eigenvalue weighted by Crippen LogP contribution is -2.48. The maximum atomic E-state index is 11.6. The Hall–Kier alpha value is -1.10. The Kier molecular flexibility index (Phi) is 3.20. The van der Waals surface area contributed by atoms with Crippen molar-refractivity contribution in [3.63, 3.8) is 0 Å². The van der Waals surface area contributed by atoms with Gasteiger partial charge in [0, 0.05) is 13.0 Å². The summed E-state index contributed by atoms with van der Waals surface area (Å²) in [5.74, 6) is -0.223. The van der Waals surface area contributed by atoms with E-state index in [0.717, 1.165) is 25.8 Å². The van der Waals surface area contributed by atoms with Crippen LogP contribution in [0.1, 0.15) is 25.7 Å². The van der Waals surface area contributed by atoms with Crippen LogP contribution in [-0.4, -0.2) is 37.1 Å². The molecule has 84 valence electrons. The van der Waals surface area contributed by atoms with E-state index in [9.17, 15) is 9.59 Å². The average molecular weight is 212 g/mol. The van der Waals surface area contributed by atoms with Gasteiger partial charge in [-0.1, -0.05) is 0 Å². The van der Waals surface area contributed by atoms with Crippen LogP contribution in [0.15, 0.2) is 0 Å². The van der Waals surface area contributed by atoms with Crippen LogP contribution >= 0.6 is 0 Å². The van der Waals surface area contributed by atoms with Crippen LogP contribution < -0.4 is 10.6 Å². The molecule has 2 heterocycles. The number of carbonyl (C=O) groups is 2. The molecular weight excluding hydrogens is 196 g/mol. The lowest BCUT2D eigenvalue weighted by Gasteiger charge is -2.17. The summed E-state index contributed by atoms with van der Waals surface area (Å²) >= 11 is 0. The van der Waals surface area contributed by atoms with E-state index in [1.807, 2.05) is 0 Å². The average Bonchev–Trinajstić information content (AvgIpc) is 2.50. The first-order valence-corrected chi connectivity index (χ1v) is 5.48. The van der Waals surface area contributed by atoms with Crippen LogP contribution in [0.4, 0.5) is 0 Å². The van der Waals surface area contributed by atoms with Crippen LogP contribution in [-0.2, 0) is 14.3 Å². The van der Waals surface area contributed by atoms with Gasteiger partial charge in [0.05, 0.1) is 12.6 Å². The fourth-order valence-corrected chi connectivity index (χ4v) is 1.99. The molecule has 0 aromatic heterocycles. The minimum absolute atomic E-state index is 0.00667. The normalized spacial score (nSPS) is 32.0. The molecule has 2 saturated heterocycles. The fraction of sp³-hybridized carbons (Fsp3) is 0.800. The lowest BCUT2D eigenvalue weighted by atomic mass is 10.1. The Balaban J connectivity index is 1.91. The molecular formula is C10H16N2O3. The summed E-state index contributed by atoms with van der Waals surface area (Å²) in [5, 5.41) is 5.90. The number of ether oxygens (including phenoxy) is 1. The summed E-state index contributed by atoms with van der Waals surface area (Å²) in [4.78, 5) is 22.8. The Morgan fingerprint density at radius 2 is 2.07 bits per heavy atom. The van der Waals surface area contributed by atoms with Crippen molar-refractivity contribution in [2.24, 2.45) is 0 Å². The topological polar surface area (TPSA) is 67.4 Å². The molecule has 0 radical (unpaired) electrons. The minimum atomic E-state index is -0.293. The van der Waals surface area contributed by atoms with Gasteiger partial charge in [-0.25, -0.2) is 0 Å². The van der Waals surface area contributed by atoms with E-state index in [1.54, 1.807) is 0 Å². The second-order valence-corrected chi connectivity index (χ2v) is 4.01. The van der Waals surface area contributed by atoms with Crippen molar-refractivity contribution in [3.05, 3.63) is 0 Å². The Morgan fingerprint density at radius 1 is 1.20 bits per heavy atom. The van der Waals surface area contributed by atoms with Gasteiger partial charge in [-0.2, -0.15) is 0 Å². The van der Waals surface area contributed by atoms with Gasteiger partial charge in [0.2, 0.25) is 5.91 Å². The quantitative estimate of drug-likeness (QED) is 0.609. The molecule has 5 heteroatoms. The predicted octanol–water partition coefficient (Wildman–Crippen LogP) is -0.440. The van der Waals surface area contributed by atoms with Crippen LogP contribution in [0.3, 0.4) is 0 Å². The lowest BCUT2D eigenvalue weighted by molar-refractivity contribution is -0.140. The summed E-state index contributed by atoms with van der Waals surface area (Å²) in [5.41, 5.74) is 0. The molecule has 1 amide bonds. The van der Waals surface area contributed by atoms with Crippen molar-refractivity contribution in [2.75, 3.05) is 13.2 Å². The zero-order valence-electron chi connectivity index (χ0n) is 8.62. The Bertz CT molecular complexity index is 267. The summed E-state index contributed by atoms with van der Waals surface area (Å²) in [6.45, 7) is 1.21. The van der Waals surface area contributed by atoms with Crippen LogP contribution in [0.5, 0.6) is 0 Å². The molecule has 0 bridgehead atoms. The molecule has 0 spiro atoms. The highest BCUT2D eigenvalue weighted by atomic mass is 16.5. The molecule has 2 unspecified atom stereocenters. The summed E-state index contributed by atoms with van der Waals surface area (Å²) in [6.07, 6.45) is 3.50. The number of hydrogen-bond donors (Lipinski definition) is 2. The van der Waals surface area contributed by atoms with Gasteiger partial charge in [-0.05, 0) is 19.3 Å². The standard InChI is InChI=1S/C10H16N2O3/c13-9-7(3-1-2-5-11-9)12-8-4-6-15-10(8)14/h7-8,12H,1-6H2,(H,11,13). The number of cyclic esters (lactones) is 1. The van der Waals surface area contributed by atoms with Crippen molar-refractivity contribution < 1.29 is 14.3 Å². The van der Waals surface area contributed by atoms with E-state index in [-0.39, 0.29) is 24.0 Å². The summed E-state index contributed by atoms with van der Waals surface area (Å²) in [6, 6.07) is -0.526. The largest absolute Gasteiger partial charge is 0.464 e. The first kappa shape index (κ1) is 10.4. The third kappa shape index (κ3) is 2.47. The van der Waals surface area contributed by atoms with E-state index in [0.29, 0.717) is 13.0 Å². The zero-order valence-corrected chi connectivity index (χ0v) is 8.62. The van der Waals surface area contributed by atoms with Crippen LogP contribution in [0, 0.1) is 0 Å². The second-order valence-electron chi connectivity index (χ2n) is 4.01. The molecule has 2 atom stereocenters. The summed E-state index contributed by atoms with van der Waals surface area (Å²) < 4.78 is 4.84. The molecule has 2 N–H and O–H groups in total. The predicted molar refractivity (Wildman–Crippen MR) is 53.1 cm³/mol. The SMILES string of the molecule is O=C1NCCCCC1NC1CCOC1=O. The van der Waals surface area contributed by atoms with Gasteiger partial charge in [0.25, 0.3) is 0 Å². The summed E-state index contributed by atoms with van der Waals surface area (Å²) in [7, 11) is 0. The molecule has 15 heavy (non-hydrogen) atoms. The van der Waals surface area contributed by atoms with Crippen LogP contribution in [0.25, 0.3) is 0 Å². The number of hydrogen-bond acceptors (Lipinski definition) is 4. The first-order chi connectivity index (χ1) is 7.27. The minimum Gasteiger partial charge on any atom is -0.464 e. The number of amides is 1. The van der Waals surface area contributed by atoms with Gasteiger partial charge in [-0.3, -0.25) is 14.9 Å². The van der Waals surface area contributed by atoms with Crippen molar-refractivity contribution in [1.82, 2.24) is 10.6 Å². The van der Waals surface area contributed by atoms with Gasteiger partial charge < -0.3 is 10.1 Å². The zero-order chi connectivity index (χ0) is 10.7. The molecule has 0 aromatic rings. The Labute approximate surface area is 88.5 Å². The van der Waals surface area contributed by atoms with Gasteiger partial charge in [-0.15, -0.1) is 0 Å². The Morgan fingerprint density at radius 3 is 2.80 bits per heavy atom. The first-order valence-electron chi connectivity index (χ1n) is 5.48. The highest BCUT2D eigenvalue weighted by molar-refractivity contribution is 5.84.